The molecule has 12 heteroatoms. The fourth-order valence-corrected chi connectivity index (χ4v) is 15.1. The minimum Gasteiger partial charge on any atom is -0.467 e. The molecule has 1 fully saturated rings. The van der Waals surface area contributed by atoms with E-state index in [0.717, 1.165) is 16.9 Å². The summed E-state index contributed by atoms with van der Waals surface area (Å²) in [6.45, 7) is 12.7. The quantitative estimate of drug-likeness (QED) is 0.0949. The Kier molecular flexibility index (Phi) is 10.5. The van der Waals surface area contributed by atoms with Crippen LogP contribution in [0, 0.1) is 5.41 Å². The SMILES string of the molecule is COC(=O)[C@H]1C[C@]23CN(S(=O)(=O)c4ccccc4)CC=C2c2cc(CCCO[Si](c4ccccc4)(c4ccccc4)C(C)(C)C)oc2[C@@H]3N1C(=O)OC(C)(C)C. The number of fused-ring (bicyclic) bond motifs is 3. The number of hydrogen-bond acceptors (Lipinski definition) is 8. The summed E-state index contributed by atoms with van der Waals surface area (Å²) in [6, 6.07) is 29.6. The summed E-state index contributed by atoms with van der Waals surface area (Å²) in [4.78, 5) is 29.2. The Morgan fingerprint density at radius 1 is 0.893 bits per heavy atom. The number of aryl methyl sites for hydroxylation is 1. The first kappa shape index (κ1) is 39.7. The minimum atomic E-state index is -3.91. The lowest BCUT2D eigenvalue weighted by Gasteiger charge is -2.43. The number of esters is 1. The minimum absolute atomic E-state index is 0.0411. The van der Waals surface area contributed by atoms with E-state index >= 15 is 0 Å². The zero-order chi connectivity index (χ0) is 40.1. The van der Waals surface area contributed by atoms with E-state index in [2.05, 4.69) is 69.3 Å². The molecule has 3 heterocycles. The van der Waals surface area contributed by atoms with Crippen molar-refractivity contribution in [3.05, 3.63) is 120 Å². The molecule has 7 rings (SSSR count). The van der Waals surface area contributed by atoms with Crippen molar-refractivity contribution in [2.75, 3.05) is 26.8 Å². The van der Waals surface area contributed by atoms with Crippen LogP contribution in [0.3, 0.4) is 0 Å². The maximum absolute atomic E-state index is 14.1. The highest BCUT2D eigenvalue weighted by molar-refractivity contribution is 7.89. The Bertz CT molecular complexity index is 2170. The van der Waals surface area contributed by atoms with Crippen LogP contribution in [0.1, 0.15) is 77.5 Å². The van der Waals surface area contributed by atoms with Gasteiger partial charge in [0.25, 0.3) is 8.32 Å². The monoisotopic (exact) mass is 796 g/mol. The molecule has 0 bridgehead atoms. The third kappa shape index (κ3) is 6.84. The van der Waals surface area contributed by atoms with E-state index in [1.807, 2.05) is 24.3 Å². The number of benzene rings is 3. The number of amides is 1. The summed E-state index contributed by atoms with van der Waals surface area (Å²) in [5, 5.41) is 2.26. The summed E-state index contributed by atoms with van der Waals surface area (Å²) in [5.74, 6) is 0.645. The van der Waals surface area contributed by atoms with Gasteiger partial charge in [0.1, 0.15) is 29.2 Å². The Morgan fingerprint density at radius 3 is 2.04 bits per heavy atom. The number of hydrogen-bond donors (Lipinski definition) is 0. The zero-order valence-corrected chi connectivity index (χ0v) is 35.1. The van der Waals surface area contributed by atoms with Crippen molar-refractivity contribution in [1.29, 1.82) is 0 Å². The summed E-state index contributed by atoms with van der Waals surface area (Å²) < 4.78 is 54.5. The molecule has 296 valence electrons. The van der Waals surface area contributed by atoms with Gasteiger partial charge >= 0.3 is 12.1 Å². The lowest BCUT2D eigenvalue weighted by molar-refractivity contribution is -0.146. The molecule has 3 atom stereocenters. The van der Waals surface area contributed by atoms with Crippen molar-refractivity contribution in [3.63, 3.8) is 0 Å². The number of furan rings is 1. The highest BCUT2D eigenvalue weighted by atomic mass is 32.2. The van der Waals surface area contributed by atoms with Crippen LogP contribution in [0.15, 0.2) is 112 Å². The Hall–Kier alpha value is -4.49. The highest BCUT2D eigenvalue weighted by Gasteiger charge is 2.67. The third-order valence-corrected chi connectivity index (χ3v) is 18.2. The lowest BCUT2D eigenvalue weighted by Crippen LogP contribution is -2.66. The molecule has 0 N–H and O–H groups in total. The van der Waals surface area contributed by atoms with Gasteiger partial charge in [-0.05, 0) is 72.8 Å². The van der Waals surface area contributed by atoms with Crippen molar-refractivity contribution in [2.24, 2.45) is 5.41 Å². The Morgan fingerprint density at radius 2 is 1.48 bits per heavy atom. The Balaban J connectivity index is 1.23. The molecule has 1 aromatic heterocycles. The van der Waals surface area contributed by atoms with Crippen LogP contribution >= 0.6 is 0 Å². The second kappa shape index (κ2) is 14.8. The highest BCUT2D eigenvalue weighted by Crippen LogP contribution is 2.65. The molecule has 10 nitrogen and oxygen atoms in total. The second-order valence-electron chi connectivity index (χ2n) is 17.0. The van der Waals surface area contributed by atoms with Gasteiger partial charge in [0.05, 0.1) is 12.0 Å². The number of rotatable bonds is 10. The average molecular weight is 797 g/mol. The normalized spacial score (nSPS) is 21.2. The smallest absolute Gasteiger partial charge is 0.411 e. The number of methoxy groups -OCH3 is 1. The molecule has 1 amide bonds. The van der Waals surface area contributed by atoms with E-state index in [4.69, 9.17) is 18.3 Å². The molecule has 1 spiro atoms. The van der Waals surface area contributed by atoms with Crippen LogP contribution in [0.5, 0.6) is 0 Å². The largest absolute Gasteiger partial charge is 0.467 e. The van der Waals surface area contributed by atoms with E-state index in [9.17, 15) is 18.0 Å². The zero-order valence-electron chi connectivity index (χ0n) is 33.3. The van der Waals surface area contributed by atoms with Gasteiger partial charge < -0.3 is 18.3 Å². The van der Waals surface area contributed by atoms with Crippen LogP contribution in [0.2, 0.25) is 5.04 Å². The fraction of sp³-hybridized carbons (Fsp3) is 0.409. The summed E-state index contributed by atoms with van der Waals surface area (Å²) >= 11 is 0. The number of carbonyl (C=O) groups is 2. The van der Waals surface area contributed by atoms with Crippen molar-refractivity contribution < 1.29 is 36.3 Å². The number of carbonyl (C=O) groups excluding carboxylic acids is 2. The van der Waals surface area contributed by atoms with Gasteiger partial charge in [-0.15, -0.1) is 0 Å². The molecular formula is C44H52N2O8SSi. The van der Waals surface area contributed by atoms with Gasteiger partial charge in [0.2, 0.25) is 10.0 Å². The fourth-order valence-electron chi connectivity index (χ4n) is 9.06. The first-order chi connectivity index (χ1) is 26.5. The van der Waals surface area contributed by atoms with Crippen molar-refractivity contribution >= 4 is 46.3 Å². The van der Waals surface area contributed by atoms with Crippen molar-refractivity contribution in [2.45, 2.75) is 88.4 Å². The predicted molar refractivity (Wildman–Crippen MR) is 217 cm³/mol. The number of nitrogens with zero attached hydrogens (tertiary/aromatic N) is 2. The van der Waals surface area contributed by atoms with Crippen LogP contribution in [-0.2, 0) is 35.1 Å². The molecule has 3 aromatic carbocycles. The van der Waals surface area contributed by atoms with Crippen LogP contribution < -0.4 is 10.4 Å². The van der Waals surface area contributed by atoms with Gasteiger partial charge in [0, 0.05) is 37.1 Å². The van der Waals surface area contributed by atoms with E-state index in [0.29, 0.717) is 25.2 Å². The molecule has 56 heavy (non-hydrogen) atoms. The summed E-state index contributed by atoms with van der Waals surface area (Å²) in [7, 11) is -5.36. The van der Waals surface area contributed by atoms with E-state index < -0.39 is 53.5 Å². The van der Waals surface area contributed by atoms with Crippen molar-refractivity contribution in [3.8, 4) is 0 Å². The molecule has 1 saturated heterocycles. The van der Waals surface area contributed by atoms with E-state index in [-0.39, 0.29) is 29.4 Å². The molecule has 0 saturated carbocycles. The third-order valence-electron chi connectivity index (χ3n) is 11.3. The average Bonchev–Trinajstić information content (AvgIpc) is 3.80. The number of sulfonamides is 1. The topological polar surface area (TPSA) is 116 Å². The Labute approximate surface area is 331 Å². The molecule has 0 radical (unpaired) electrons. The molecular weight excluding hydrogens is 745 g/mol. The van der Waals surface area contributed by atoms with E-state index in [1.165, 1.54) is 26.7 Å². The van der Waals surface area contributed by atoms with Crippen LogP contribution in [0.25, 0.3) is 5.57 Å². The number of likely N-dealkylation sites (tertiary alicyclic amines) is 1. The molecule has 3 aliphatic rings. The molecule has 4 aromatic rings. The number of ether oxygens (including phenoxy) is 2. The van der Waals surface area contributed by atoms with Crippen LogP contribution in [0.4, 0.5) is 4.79 Å². The van der Waals surface area contributed by atoms with Gasteiger partial charge in [0.15, 0.2) is 0 Å². The lowest BCUT2D eigenvalue weighted by atomic mass is 9.74. The summed E-state index contributed by atoms with van der Waals surface area (Å²) in [6.07, 6.45) is 2.61. The molecule has 2 aliphatic heterocycles. The van der Waals surface area contributed by atoms with Gasteiger partial charge in [-0.1, -0.05) is 106 Å². The second-order valence-corrected chi connectivity index (χ2v) is 23.3. The maximum atomic E-state index is 14.1. The summed E-state index contributed by atoms with van der Waals surface area (Å²) in [5.41, 5.74) is -0.140. The van der Waals surface area contributed by atoms with Crippen molar-refractivity contribution in [1.82, 2.24) is 9.21 Å². The van der Waals surface area contributed by atoms with Gasteiger partial charge in [-0.3, -0.25) is 4.90 Å². The van der Waals surface area contributed by atoms with Gasteiger partial charge in [-0.2, -0.15) is 4.31 Å². The first-order valence-electron chi connectivity index (χ1n) is 19.3. The van der Waals surface area contributed by atoms with Gasteiger partial charge in [-0.25, -0.2) is 18.0 Å². The maximum Gasteiger partial charge on any atom is 0.411 e. The molecule has 1 aliphatic carbocycles. The van der Waals surface area contributed by atoms with E-state index in [1.54, 1.807) is 51.1 Å². The molecule has 0 unspecified atom stereocenters. The first-order valence-corrected chi connectivity index (χ1v) is 22.6. The predicted octanol–water partition coefficient (Wildman–Crippen LogP) is 7.10. The standard InChI is InChI=1S/C44H52N2O8SSi/c1-42(2,3)54-41(48)46-37(40(47)51-7)29-44-30-45(55(49,50)32-19-11-8-12-20-32)26-25-36(44)35-28-31(53-38(35)39(44)46)18-17-27-52-56(43(4,5)6,33-21-13-9-14-22-33)34-23-15-10-16-24-34/h8-16,19-25,28,37,39H,17-18,26-27,29-30H2,1-7H3/t37-,39+,44+/m1/s1. The van der Waals surface area contributed by atoms with Crippen LogP contribution in [-0.4, -0.2) is 76.5 Å².